The molecule has 0 bridgehead atoms. The molecule has 1 fully saturated rings. The van der Waals surface area contributed by atoms with Crippen molar-refractivity contribution in [3.05, 3.63) is 35.6 Å². The van der Waals surface area contributed by atoms with Crippen LogP contribution in [0.25, 0.3) is 0 Å². The van der Waals surface area contributed by atoms with Crippen molar-refractivity contribution in [3.8, 4) is 0 Å². The fourth-order valence-electron chi connectivity index (χ4n) is 2.01. The Labute approximate surface area is 104 Å². The van der Waals surface area contributed by atoms with Crippen LogP contribution in [0.1, 0.15) is 12.0 Å². The number of nitrogens with two attached hydrogens (primary N) is 1. The first kappa shape index (κ1) is 12.3. The summed E-state index contributed by atoms with van der Waals surface area (Å²) in [5, 5.41) is 11.5. The number of carbonyl (C=O) groups excluding carboxylic acids is 1. The van der Waals surface area contributed by atoms with E-state index in [1.165, 1.54) is 12.1 Å². The van der Waals surface area contributed by atoms with E-state index < -0.39 is 0 Å². The highest BCUT2D eigenvalue weighted by Gasteiger charge is 2.32. The summed E-state index contributed by atoms with van der Waals surface area (Å²) in [5.74, 6) is -0.523. The van der Waals surface area contributed by atoms with E-state index in [4.69, 9.17) is 10.9 Å². The molecule has 96 valence electrons. The van der Waals surface area contributed by atoms with E-state index in [-0.39, 0.29) is 29.9 Å². The molecule has 1 aromatic carbocycles. The van der Waals surface area contributed by atoms with Crippen molar-refractivity contribution >= 4 is 11.7 Å². The first-order valence-corrected chi connectivity index (χ1v) is 5.60. The quantitative estimate of drug-likeness (QED) is 0.363. The Hall–Kier alpha value is -2.11. The fraction of sp³-hybridized carbons (Fsp3) is 0.333. The normalized spacial score (nSPS) is 20.5. The van der Waals surface area contributed by atoms with Crippen LogP contribution >= 0.6 is 0 Å². The van der Waals surface area contributed by atoms with Gasteiger partial charge in [0.2, 0.25) is 5.91 Å². The van der Waals surface area contributed by atoms with Gasteiger partial charge in [-0.3, -0.25) is 4.79 Å². The van der Waals surface area contributed by atoms with Gasteiger partial charge in [-0.25, -0.2) is 4.39 Å². The second-order valence-electron chi connectivity index (χ2n) is 4.33. The van der Waals surface area contributed by atoms with E-state index in [1.54, 1.807) is 17.0 Å². The van der Waals surface area contributed by atoms with Crippen molar-refractivity contribution in [2.75, 3.05) is 6.54 Å². The number of halogens is 1. The zero-order valence-corrected chi connectivity index (χ0v) is 9.71. The van der Waals surface area contributed by atoms with Gasteiger partial charge in [0.15, 0.2) is 0 Å². The average Bonchev–Trinajstić information content (AvgIpc) is 2.73. The van der Waals surface area contributed by atoms with Crippen molar-refractivity contribution < 1.29 is 14.4 Å². The second kappa shape index (κ2) is 5.03. The van der Waals surface area contributed by atoms with Crippen LogP contribution in [0, 0.1) is 11.7 Å². The maximum atomic E-state index is 12.8. The molecule has 1 aliphatic heterocycles. The van der Waals surface area contributed by atoms with Gasteiger partial charge in [0, 0.05) is 25.4 Å². The van der Waals surface area contributed by atoms with Crippen molar-refractivity contribution in [2.45, 2.75) is 13.0 Å². The molecule has 5 nitrogen and oxygen atoms in total. The summed E-state index contributed by atoms with van der Waals surface area (Å²) in [7, 11) is 0. The van der Waals surface area contributed by atoms with Crippen LogP contribution in [0.2, 0.25) is 0 Å². The van der Waals surface area contributed by atoms with Crippen LogP contribution in [-0.4, -0.2) is 28.4 Å². The molecule has 0 spiro atoms. The number of amidine groups is 1. The number of oxime groups is 1. The molecule has 0 radical (unpaired) electrons. The standard InChI is InChI=1S/C12H14FN3O2/c13-10-3-1-8(2-4-10)6-16-7-9(5-11(16)17)12(14)15-18/h1-4,9,18H,5-7H2,(H2,14,15)/t9-/m1/s1. The van der Waals surface area contributed by atoms with E-state index >= 15 is 0 Å². The minimum absolute atomic E-state index is 0.0454. The third kappa shape index (κ3) is 2.58. The smallest absolute Gasteiger partial charge is 0.223 e. The molecule has 1 aromatic rings. The van der Waals surface area contributed by atoms with Gasteiger partial charge < -0.3 is 15.8 Å². The molecule has 2 rings (SSSR count). The van der Waals surface area contributed by atoms with Crippen LogP contribution in [0.4, 0.5) is 4.39 Å². The third-order valence-corrected chi connectivity index (χ3v) is 3.03. The molecular formula is C12H14FN3O2. The number of nitrogens with zero attached hydrogens (tertiary/aromatic N) is 2. The Morgan fingerprint density at radius 1 is 1.50 bits per heavy atom. The molecule has 1 aliphatic rings. The molecule has 1 heterocycles. The topological polar surface area (TPSA) is 78.9 Å². The van der Waals surface area contributed by atoms with Crippen molar-refractivity contribution in [1.82, 2.24) is 4.90 Å². The van der Waals surface area contributed by atoms with Gasteiger partial charge in [0.25, 0.3) is 0 Å². The van der Waals surface area contributed by atoms with Gasteiger partial charge in [-0.2, -0.15) is 0 Å². The SMILES string of the molecule is N/C(=N/O)[C@@H]1CC(=O)N(Cc2ccc(F)cc2)C1. The Balaban J connectivity index is 2.02. The number of amides is 1. The number of hydrogen-bond donors (Lipinski definition) is 2. The van der Waals surface area contributed by atoms with Crippen LogP contribution < -0.4 is 5.73 Å². The molecule has 0 aliphatic carbocycles. The highest BCUT2D eigenvalue weighted by atomic mass is 19.1. The van der Waals surface area contributed by atoms with Crippen LogP contribution in [0.3, 0.4) is 0 Å². The summed E-state index contributed by atoms with van der Waals surface area (Å²) in [6.45, 7) is 0.834. The predicted octanol–water partition coefficient (Wildman–Crippen LogP) is 0.921. The van der Waals surface area contributed by atoms with E-state index in [1.807, 2.05) is 0 Å². The van der Waals surface area contributed by atoms with Gasteiger partial charge in [0.1, 0.15) is 11.7 Å². The first-order chi connectivity index (χ1) is 8.60. The first-order valence-electron chi connectivity index (χ1n) is 5.60. The van der Waals surface area contributed by atoms with Crippen LogP contribution in [0.15, 0.2) is 29.4 Å². The van der Waals surface area contributed by atoms with Gasteiger partial charge in [-0.1, -0.05) is 17.3 Å². The van der Waals surface area contributed by atoms with E-state index in [0.717, 1.165) is 5.56 Å². The number of rotatable bonds is 3. The number of likely N-dealkylation sites (tertiary alicyclic amines) is 1. The minimum atomic E-state index is -0.305. The summed E-state index contributed by atoms with van der Waals surface area (Å²) in [5.41, 5.74) is 6.34. The molecule has 6 heteroatoms. The van der Waals surface area contributed by atoms with Gasteiger partial charge >= 0.3 is 0 Å². The lowest BCUT2D eigenvalue weighted by molar-refractivity contribution is -0.128. The highest BCUT2D eigenvalue weighted by molar-refractivity contribution is 5.91. The molecule has 1 saturated heterocycles. The van der Waals surface area contributed by atoms with Gasteiger partial charge in [0.05, 0.1) is 0 Å². The van der Waals surface area contributed by atoms with Gasteiger partial charge in [-0.15, -0.1) is 0 Å². The lowest BCUT2D eigenvalue weighted by Crippen LogP contribution is -2.28. The molecule has 1 amide bonds. The van der Waals surface area contributed by atoms with Crippen molar-refractivity contribution in [3.63, 3.8) is 0 Å². The van der Waals surface area contributed by atoms with Crippen LogP contribution in [-0.2, 0) is 11.3 Å². The number of carbonyl (C=O) groups is 1. The summed E-state index contributed by atoms with van der Waals surface area (Å²) in [6.07, 6.45) is 0.247. The maximum Gasteiger partial charge on any atom is 0.223 e. The Morgan fingerprint density at radius 3 is 2.78 bits per heavy atom. The van der Waals surface area contributed by atoms with Crippen molar-refractivity contribution in [1.29, 1.82) is 0 Å². The molecule has 0 aromatic heterocycles. The maximum absolute atomic E-state index is 12.8. The third-order valence-electron chi connectivity index (χ3n) is 3.03. The summed E-state index contributed by atoms with van der Waals surface area (Å²) in [6, 6.07) is 5.99. The predicted molar refractivity (Wildman–Crippen MR) is 63.3 cm³/mol. The summed E-state index contributed by atoms with van der Waals surface area (Å²) in [4.78, 5) is 13.4. The van der Waals surface area contributed by atoms with Crippen LogP contribution in [0.5, 0.6) is 0 Å². The fourth-order valence-corrected chi connectivity index (χ4v) is 2.01. The molecular weight excluding hydrogens is 237 g/mol. The summed E-state index contributed by atoms with van der Waals surface area (Å²) >= 11 is 0. The lowest BCUT2D eigenvalue weighted by atomic mass is 10.1. The zero-order valence-electron chi connectivity index (χ0n) is 9.71. The van der Waals surface area contributed by atoms with E-state index in [9.17, 15) is 9.18 Å². The molecule has 1 atom stereocenters. The summed E-state index contributed by atoms with van der Waals surface area (Å²) < 4.78 is 12.8. The minimum Gasteiger partial charge on any atom is -0.409 e. The zero-order chi connectivity index (χ0) is 13.1. The lowest BCUT2D eigenvalue weighted by Gasteiger charge is -2.16. The molecule has 3 N–H and O–H groups in total. The van der Waals surface area contributed by atoms with Crippen molar-refractivity contribution in [2.24, 2.45) is 16.8 Å². The molecule has 0 saturated carbocycles. The highest BCUT2D eigenvalue weighted by Crippen LogP contribution is 2.20. The number of benzene rings is 1. The average molecular weight is 251 g/mol. The second-order valence-corrected chi connectivity index (χ2v) is 4.33. The Kier molecular flexibility index (Phi) is 3.45. The van der Waals surface area contributed by atoms with Gasteiger partial charge in [-0.05, 0) is 17.7 Å². The largest absolute Gasteiger partial charge is 0.409 e. The van der Waals surface area contributed by atoms with E-state index in [0.29, 0.717) is 13.1 Å². The van der Waals surface area contributed by atoms with E-state index in [2.05, 4.69) is 5.16 Å². The Morgan fingerprint density at radius 2 is 2.17 bits per heavy atom. The molecule has 18 heavy (non-hydrogen) atoms. The number of hydrogen-bond acceptors (Lipinski definition) is 3. The Bertz CT molecular complexity index is 473. The molecule has 0 unspecified atom stereocenters. The monoisotopic (exact) mass is 251 g/mol.